The van der Waals surface area contributed by atoms with Crippen molar-refractivity contribution in [1.29, 1.82) is 0 Å². The van der Waals surface area contributed by atoms with E-state index < -0.39 is 0 Å². The van der Waals surface area contributed by atoms with Gasteiger partial charge in [-0.15, -0.1) is 0 Å². The molecule has 1 heterocycles. The molecule has 2 atom stereocenters. The standard InChI is InChI=1S/C16H23N3O4/c1-22-13-6-5-12(8-14(13)23-2)18-15(20)10-19-7-3-4-11(9-19)16(17)21/h5-6,8,11H,3-4,7,9-10H2,1-2H3,(H2,17,21)(H,18,20)/p+1/t11-/m1/s1. The molecule has 7 heteroatoms. The number of nitrogens with two attached hydrogens (primary N) is 1. The number of primary amides is 1. The molecule has 7 nitrogen and oxygen atoms in total. The monoisotopic (exact) mass is 322 g/mol. The van der Waals surface area contributed by atoms with Crippen LogP contribution in [-0.4, -0.2) is 45.7 Å². The molecule has 1 aromatic carbocycles. The van der Waals surface area contributed by atoms with Gasteiger partial charge in [-0.2, -0.15) is 0 Å². The number of carbonyl (C=O) groups excluding carboxylic acids is 2. The van der Waals surface area contributed by atoms with Crippen LogP contribution in [0.25, 0.3) is 0 Å². The van der Waals surface area contributed by atoms with Crippen molar-refractivity contribution in [2.24, 2.45) is 11.7 Å². The van der Waals surface area contributed by atoms with Crippen LogP contribution >= 0.6 is 0 Å². The third-order valence-electron chi connectivity index (χ3n) is 4.10. The second-order valence-electron chi connectivity index (χ2n) is 5.74. The molecule has 0 bridgehead atoms. The summed E-state index contributed by atoms with van der Waals surface area (Å²) in [6.07, 6.45) is 1.72. The van der Waals surface area contributed by atoms with E-state index in [4.69, 9.17) is 15.2 Å². The van der Waals surface area contributed by atoms with Gasteiger partial charge in [0.05, 0.1) is 33.2 Å². The Labute approximate surface area is 135 Å². The highest BCUT2D eigenvalue weighted by Gasteiger charge is 2.28. The predicted molar refractivity (Wildman–Crippen MR) is 85.7 cm³/mol. The van der Waals surface area contributed by atoms with Crippen molar-refractivity contribution in [3.8, 4) is 11.5 Å². The fourth-order valence-corrected chi connectivity index (χ4v) is 2.90. The lowest BCUT2D eigenvalue weighted by Gasteiger charge is -2.27. The Morgan fingerprint density at radius 3 is 2.70 bits per heavy atom. The Morgan fingerprint density at radius 1 is 1.30 bits per heavy atom. The fraction of sp³-hybridized carbons (Fsp3) is 0.500. The van der Waals surface area contributed by atoms with E-state index in [2.05, 4.69) is 5.32 Å². The number of likely N-dealkylation sites (tertiary alicyclic amines) is 1. The van der Waals surface area contributed by atoms with Crippen molar-refractivity contribution in [1.82, 2.24) is 0 Å². The number of methoxy groups -OCH3 is 2. The average molecular weight is 322 g/mol. The maximum Gasteiger partial charge on any atom is 0.279 e. The van der Waals surface area contributed by atoms with Crippen LogP contribution in [0.5, 0.6) is 11.5 Å². The zero-order valence-corrected chi connectivity index (χ0v) is 13.6. The molecule has 0 spiro atoms. The SMILES string of the molecule is COc1ccc(NC(=O)C[NH+]2CCC[C@@H](C(N)=O)C2)cc1OC. The molecule has 2 rings (SSSR count). The van der Waals surface area contributed by atoms with Crippen molar-refractivity contribution in [2.45, 2.75) is 12.8 Å². The maximum absolute atomic E-state index is 12.2. The van der Waals surface area contributed by atoms with Gasteiger partial charge in [0.2, 0.25) is 5.91 Å². The number of quaternary nitrogens is 1. The summed E-state index contributed by atoms with van der Waals surface area (Å²) in [6, 6.07) is 5.22. The van der Waals surface area contributed by atoms with Gasteiger partial charge < -0.3 is 25.4 Å². The normalized spacial score (nSPS) is 20.6. The predicted octanol–water partition coefficient (Wildman–Crippen LogP) is -0.577. The van der Waals surface area contributed by atoms with Crippen LogP contribution in [0.4, 0.5) is 5.69 Å². The lowest BCUT2D eigenvalue weighted by Crippen LogP contribution is -3.14. The van der Waals surface area contributed by atoms with Gasteiger partial charge in [0.1, 0.15) is 0 Å². The summed E-state index contributed by atoms with van der Waals surface area (Å²) in [7, 11) is 3.11. The topological polar surface area (TPSA) is 95.1 Å². The molecule has 0 radical (unpaired) electrons. The summed E-state index contributed by atoms with van der Waals surface area (Å²) in [4.78, 5) is 24.6. The van der Waals surface area contributed by atoms with E-state index in [9.17, 15) is 9.59 Å². The van der Waals surface area contributed by atoms with Crippen LogP contribution in [0.15, 0.2) is 18.2 Å². The van der Waals surface area contributed by atoms with E-state index >= 15 is 0 Å². The van der Waals surface area contributed by atoms with Crippen LogP contribution in [0.1, 0.15) is 12.8 Å². The van der Waals surface area contributed by atoms with E-state index in [-0.39, 0.29) is 17.7 Å². The first-order valence-electron chi connectivity index (χ1n) is 7.68. The molecule has 0 aromatic heterocycles. The summed E-state index contributed by atoms with van der Waals surface area (Å²) in [5.41, 5.74) is 6.01. The lowest BCUT2D eigenvalue weighted by atomic mass is 9.97. The number of hydrogen-bond donors (Lipinski definition) is 3. The van der Waals surface area contributed by atoms with E-state index in [1.165, 1.54) is 0 Å². The van der Waals surface area contributed by atoms with Crippen LogP contribution in [0.2, 0.25) is 0 Å². The molecule has 1 aliphatic heterocycles. The van der Waals surface area contributed by atoms with E-state index in [1.807, 2.05) is 0 Å². The third kappa shape index (κ3) is 4.59. The number of carbonyl (C=O) groups is 2. The molecular weight excluding hydrogens is 298 g/mol. The Bertz CT molecular complexity index is 576. The number of benzene rings is 1. The Kier molecular flexibility index (Phi) is 5.81. The minimum atomic E-state index is -0.275. The highest BCUT2D eigenvalue weighted by molar-refractivity contribution is 5.91. The molecule has 1 saturated heterocycles. The van der Waals surface area contributed by atoms with Gasteiger partial charge in [-0.1, -0.05) is 0 Å². The Hall–Kier alpha value is -2.28. The molecule has 0 saturated carbocycles. The number of hydrogen-bond acceptors (Lipinski definition) is 4. The van der Waals surface area contributed by atoms with Gasteiger partial charge in [-0.05, 0) is 25.0 Å². The minimum Gasteiger partial charge on any atom is -0.493 e. The maximum atomic E-state index is 12.2. The summed E-state index contributed by atoms with van der Waals surface area (Å²) in [5.74, 6) is 0.660. The third-order valence-corrected chi connectivity index (χ3v) is 4.10. The van der Waals surface area contributed by atoms with E-state index in [0.29, 0.717) is 30.3 Å². The van der Waals surface area contributed by atoms with Crippen molar-refractivity contribution in [3.05, 3.63) is 18.2 Å². The minimum absolute atomic E-state index is 0.0997. The van der Waals surface area contributed by atoms with Gasteiger partial charge in [0.15, 0.2) is 18.0 Å². The quantitative estimate of drug-likeness (QED) is 0.653. The van der Waals surface area contributed by atoms with E-state index in [1.54, 1.807) is 32.4 Å². The molecular formula is C16H24N3O4+. The van der Waals surface area contributed by atoms with E-state index in [0.717, 1.165) is 24.3 Å². The van der Waals surface area contributed by atoms with Crippen LogP contribution in [0.3, 0.4) is 0 Å². The lowest BCUT2D eigenvalue weighted by molar-refractivity contribution is -0.899. The number of piperidine rings is 1. The summed E-state index contributed by atoms with van der Waals surface area (Å²) < 4.78 is 10.4. The second-order valence-corrected chi connectivity index (χ2v) is 5.74. The highest BCUT2D eigenvalue weighted by atomic mass is 16.5. The summed E-state index contributed by atoms with van der Waals surface area (Å²) >= 11 is 0. The Balaban J connectivity index is 1.93. The highest BCUT2D eigenvalue weighted by Crippen LogP contribution is 2.29. The molecule has 2 amide bonds. The van der Waals surface area contributed by atoms with Gasteiger partial charge in [-0.3, -0.25) is 9.59 Å². The molecule has 1 unspecified atom stereocenters. The van der Waals surface area contributed by atoms with Crippen LogP contribution in [0, 0.1) is 5.92 Å². The van der Waals surface area contributed by atoms with Crippen LogP contribution in [-0.2, 0) is 9.59 Å². The number of rotatable bonds is 6. The molecule has 23 heavy (non-hydrogen) atoms. The number of amides is 2. The Morgan fingerprint density at radius 2 is 2.04 bits per heavy atom. The number of ether oxygens (including phenoxy) is 2. The van der Waals surface area contributed by atoms with Gasteiger partial charge in [-0.25, -0.2) is 0 Å². The van der Waals surface area contributed by atoms with Crippen molar-refractivity contribution >= 4 is 17.5 Å². The largest absolute Gasteiger partial charge is 0.493 e. The smallest absolute Gasteiger partial charge is 0.279 e. The summed E-state index contributed by atoms with van der Waals surface area (Å²) in [5, 5.41) is 2.85. The first-order chi connectivity index (χ1) is 11.0. The van der Waals surface area contributed by atoms with Gasteiger partial charge in [0.25, 0.3) is 5.91 Å². The van der Waals surface area contributed by atoms with Crippen LogP contribution < -0.4 is 25.4 Å². The molecule has 1 fully saturated rings. The van der Waals surface area contributed by atoms with Crippen molar-refractivity contribution < 1.29 is 24.0 Å². The zero-order valence-electron chi connectivity index (χ0n) is 13.6. The average Bonchev–Trinajstić information content (AvgIpc) is 2.54. The molecule has 4 N–H and O–H groups in total. The first kappa shape index (κ1) is 17.1. The van der Waals surface area contributed by atoms with Gasteiger partial charge in [0, 0.05) is 11.8 Å². The number of nitrogens with one attached hydrogen (secondary N) is 2. The summed E-state index contributed by atoms with van der Waals surface area (Å²) in [6.45, 7) is 1.82. The van der Waals surface area contributed by atoms with Crippen molar-refractivity contribution in [3.63, 3.8) is 0 Å². The molecule has 1 aromatic rings. The zero-order chi connectivity index (χ0) is 16.8. The molecule has 0 aliphatic carbocycles. The fourth-order valence-electron chi connectivity index (χ4n) is 2.90. The molecule has 126 valence electrons. The first-order valence-corrected chi connectivity index (χ1v) is 7.68. The second kappa shape index (κ2) is 7.82. The van der Waals surface area contributed by atoms with Crippen molar-refractivity contribution in [2.75, 3.05) is 39.2 Å². The van der Waals surface area contributed by atoms with Gasteiger partial charge >= 0.3 is 0 Å². The number of anilines is 1. The molecule has 1 aliphatic rings.